The number of hydrogen-bond acceptors (Lipinski definition) is 6. The van der Waals surface area contributed by atoms with E-state index in [1.165, 1.54) is 13.4 Å². The Morgan fingerprint density at radius 3 is 2.03 bits per heavy atom. The lowest BCUT2D eigenvalue weighted by molar-refractivity contribution is -0.158. The van der Waals surface area contributed by atoms with Gasteiger partial charge < -0.3 is 19.3 Å². The molecule has 0 amide bonds. The second-order valence-corrected chi connectivity index (χ2v) is 8.32. The van der Waals surface area contributed by atoms with Crippen LogP contribution in [0.4, 0.5) is 0 Å². The van der Waals surface area contributed by atoms with Crippen LogP contribution in [-0.2, 0) is 21.6 Å². The zero-order valence-corrected chi connectivity index (χ0v) is 20.7. The van der Waals surface area contributed by atoms with E-state index in [1.54, 1.807) is 13.0 Å². The first-order chi connectivity index (χ1) is 18.0. The summed E-state index contributed by atoms with van der Waals surface area (Å²) in [4.78, 5) is 21.4. The molecule has 7 heteroatoms. The molecule has 37 heavy (non-hydrogen) atoms. The first kappa shape index (κ1) is 25.4. The Morgan fingerprint density at radius 1 is 0.919 bits per heavy atom. The van der Waals surface area contributed by atoms with Crippen LogP contribution in [0.2, 0.25) is 0 Å². The molecule has 4 aromatic rings. The van der Waals surface area contributed by atoms with Gasteiger partial charge in [0.15, 0.2) is 0 Å². The van der Waals surface area contributed by atoms with Crippen LogP contribution < -0.4 is 9.47 Å². The first-order valence-electron chi connectivity index (χ1n) is 11.8. The number of hydrogen-bond donors (Lipinski definition) is 1. The maximum atomic E-state index is 12.9. The molecule has 1 N–H and O–H groups in total. The molecule has 0 spiro atoms. The van der Waals surface area contributed by atoms with E-state index in [9.17, 15) is 9.90 Å². The molecule has 7 nitrogen and oxygen atoms in total. The smallest absolute Gasteiger partial charge is 0.350 e. The number of aliphatic carboxylic acids is 1. The topological polar surface area (TPSA) is 90.8 Å². The predicted octanol–water partition coefficient (Wildman–Crippen LogP) is 5.34. The van der Waals surface area contributed by atoms with Crippen LogP contribution in [0.15, 0.2) is 109 Å². The molecule has 0 saturated heterocycles. The Morgan fingerprint density at radius 2 is 1.49 bits per heavy atom. The summed E-state index contributed by atoms with van der Waals surface area (Å²) in [6.07, 6.45) is 2.44. The van der Waals surface area contributed by atoms with E-state index in [0.29, 0.717) is 23.2 Å². The molecule has 0 saturated carbocycles. The number of carbonyl (C=O) groups is 1. The Kier molecular flexibility index (Phi) is 8.15. The van der Waals surface area contributed by atoms with E-state index in [1.807, 2.05) is 97.1 Å². The minimum absolute atomic E-state index is 0.127. The molecule has 0 aliphatic rings. The highest BCUT2D eigenvalue weighted by Gasteiger charge is 2.51. The fourth-order valence-electron chi connectivity index (χ4n) is 4.08. The van der Waals surface area contributed by atoms with Gasteiger partial charge in [0.2, 0.25) is 17.6 Å². The SMILES string of the molecule is COc1cc(C)nc(OC(C(=O)O)C(O/C=C/Cc2ccccc2)(c2ccccc2)c2ccccc2)n1. The highest BCUT2D eigenvalue weighted by molar-refractivity contribution is 5.76. The molecule has 188 valence electrons. The molecule has 1 unspecified atom stereocenters. The Hall–Kier alpha value is -4.65. The van der Waals surface area contributed by atoms with E-state index in [0.717, 1.165) is 5.56 Å². The molecular weight excluding hydrogens is 468 g/mol. The number of nitrogens with zero attached hydrogens (tertiary/aromatic N) is 2. The molecule has 1 aromatic heterocycles. The average molecular weight is 497 g/mol. The number of benzene rings is 3. The van der Waals surface area contributed by atoms with Crippen LogP contribution in [0.3, 0.4) is 0 Å². The molecule has 3 aromatic carbocycles. The van der Waals surface area contributed by atoms with Crippen molar-refractivity contribution in [3.05, 3.63) is 132 Å². The van der Waals surface area contributed by atoms with Crippen molar-refractivity contribution < 1.29 is 24.1 Å². The summed E-state index contributed by atoms with van der Waals surface area (Å²) in [6, 6.07) is 29.7. The van der Waals surface area contributed by atoms with Crippen molar-refractivity contribution >= 4 is 5.97 Å². The summed E-state index contributed by atoms with van der Waals surface area (Å²) in [7, 11) is 1.47. The lowest BCUT2D eigenvalue weighted by Crippen LogP contribution is -2.50. The van der Waals surface area contributed by atoms with E-state index in [4.69, 9.17) is 14.2 Å². The highest BCUT2D eigenvalue weighted by atomic mass is 16.6. The summed E-state index contributed by atoms with van der Waals surface area (Å²) in [5.41, 5.74) is 1.29. The van der Waals surface area contributed by atoms with Gasteiger partial charge in [-0.05, 0) is 25.0 Å². The van der Waals surface area contributed by atoms with Crippen molar-refractivity contribution in [1.82, 2.24) is 9.97 Å². The molecule has 1 atom stereocenters. The van der Waals surface area contributed by atoms with Gasteiger partial charge in [0.1, 0.15) is 0 Å². The third-order valence-electron chi connectivity index (χ3n) is 5.79. The number of allylic oxidation sites excluding steroid dienone is 1. The number of ether oxygens (including phenoxy) is 3. The molecule has 0 radical (unpaired) electrons. The van der Waals surface area contributed by atoms with E-state index >= 15 is 0 Å². The molecule has 0 fully saturated rings. The zero-order chi connectivity index (χ0) is 26.1. The zero-order valence-electron chi connectivity index (χ0n) is 20.7. The fraction of sp³-hybridized carbons (Fsp3) is 0.167. The van der Waals surface area contributed by atoms with E-state index in [-0.39, 0.29) is 11.9 Å². The third-order valence-corrected chi connectivity index (χ3v) is 5.79. The summed E-state index contributed by atoms with van der Waals surface area (Å²) in [5, 5.41) is 10.5. The van der Waals surface area contributed by atoms with E-state index in [2.05, 4.69) is 9.97 Å². The van der Waals surface area contributed by atoms with Gasteiger partial charge in [0.05, 0.1) is 13.4 Å². The number of rotatable bonds is 11. The van der Waals surface area contributed by atoms with Crippen LogP contribution in [-0.4, -0.2) is 34.3 Å². The minimum atomic E-state index is -1.57. The largest absolute Gasteiger partial charge is 0.481 e. The van der Waals surface area contributed by atoms with Crippen LogP contribution in [0.1, 0.15) is 22.4 Å². The van der Waals surface area contributed by atoms with Gasteiger partial charge in [-0.2, -0.15) is 4.98 Å². The van der Waals surface area contributed by atoms with Crippen molar-refractivity contribution in [1.29, 1.82) is 0 Å². The summed E-state index contributed by atoms with van der Waals surface area (Å²) in [5.74, 6) is -0.978. The molecule has 1 heterocycles. The van der Waals surface area contributed by atoms with Crippen molar-refractivity contribution in [3.8, 4) is 11.9 Å². The van der Waals surface area contributed by atoms with Crippen LogP contribution in [0.25, 0.3) is 0 Å². The van der Waals surface area contributed by atoms with Crippen molar-refractivity contribution in [2.75, 3.05) is 7.11 Å². The van der Waals surface area contributed by atoms with Crippen molar-refractivity contribution in [3.63, 3.8) is 0 Å². The third kappa shape index (κ3) is 5.95. The Balaban J connectivity index is 1.83. The summed E-state index contributed by atoms with van der Waals surface area (Å²) < 4.78 is 17.7. The minimum Gasteiger partial charge on any atom is -0.481 e. The molecule has 0 bridgehead atoms. The average Bonchev–Trinajstić information content (AvgIpc) is 2.93. The van der Waals surface area contributed by atoms with Gasteiger partial charge in [0.25, 0.3) is 0 Å². The quantitative estimate of drug-likeness (QED) is 0.280. The number of aryl methyl sites for hydroxylation is 1. The standard InChI is InChI=1S/C30H28N2O5/c1-22-21-26(35-2)32-29(31-22)37-27(28(33)34)30(24-16-8-4-9-17-24,25-18-10-5-11-19-25)36-20-12-15-23-13-6-3-7-14-23/h3-14,16-21,27H,15H2,1-2H3,(H,33,34)/b20-12+. The lowest BCUT2D eigenvalue weighted by Gasteiger charge is -2.38. The van der Waals surface area contributed by atoms with E-state index < -0.39 is 17.7 Å². The number of aromatic nitrogens is 2. The number of methoxy groups -OCH3 is 1. The highest BCUT2D eigenvalue weighted by Crippen LogP contribution is 2.39. The molecular formula is C30H28N2O5. The molecule has 0 aliphatic carbocycles. The fourth-order valence-corrected chi connectivity index (χ4v) is 4.08. The summed E-state index contributed by atoms with van der Waals surface area (Å²) >= 11 is 0. The monoisotopic (exact) mass is 496 g/mol. The van der Waals surface area contributed by atoms with Gasteiger partial charge in [-0.1, -0.05) is 91.0 Å². The van der Waals surface area contributed by atoms with Gasteiger partial charge in [-0.15, -0.1) is 0 Å². The van der Waals surface area contributed by atoms with Gasteiger partial charge in [-0.3, -0.25) is 0 Å². The van der Waals surface area contributed by atoms with Gasteiger partial charge in [0, 0.05) is 22.9 Å². The van der Waals surface area contributed by atoms with Crippen molar-refractivity contribution in [2.45, 2.75) is 25.0 Å². The second kappa shape index (κ2) is 11.9. The van der Waals surface area contributed by atoms with Crippen LogP contribution >= 0.6 is 0 Å². The summed E-state index contributed by atoms with van der Waals surface area (Å²) in [6.45, 7) is 1.75. The first-order valence-corrected chi connectivity index (χ1v) is 11.8. The number of carboxylic acids is 1. The normalized spacial score (nSPS) is 12.2. The Labute approximate surface area is 216 Å². The molecule has 0 aliphatic heterocycles. The Bertz CT molecular complexity index is 1290. The van der Waals surface area contributed by atoms with Gasteiger partial charge >= 0.3 is 12.0 Å². The predicted molar refractivity (Wildman–Crippen MR) is 139 cm³/mol. The maximum absolute atomic E-state index is 12.9. The van der Waals surface area contributed by atoms with Gasteiger partial charge in [-0.25, -0.2) is 9.78 Å². The second-order valence-electron chi connectivity index (χ2n) is 8.32. The lowest BCUT2D eigenvalue weighted by atomic mass is 9.81. The molecule has 4 rings (SSSR count). The van der Waals surface area contributed by atoms with Crippen molar-refractivity contribution in [2.24, 2.45) is 0 Å². The number of carboxylic acid groups (broad SMARTS) is 1. The van der Waals surface area contributed by atoms with Crippen LogP contribution in [0.5, 0.6) is 11.9 Å². The maximum Gasteiger partial charge on any atom is 0.350 e. The van der Waals surface area contributed by atoms with Crippen LogP contribution in [0, 0.1) is 6.92 Å².